The highest BCUT2D eigenvalue weighted by Crippen LogP contribution is 2.33. The van der Waals surface area contributed by atoms with Crippen molar-refractivity contribution in [1.29, 1.82) is 0 Å². The van der Waals surface area contributed by atoms with Crippen molar-refractivity contribution >= 4 is 43.1 Å². The molecule has 0 N–H and O–H groups in total. The molecule has 120 valence electrons. The molecule has 0 spiro atoms. The highest BCUT2D eigenvalue weighted by atomic mass is 79.9. The van der Waals surface area contributed by atoms with Gasteiger partial charge in [0.1, 0.15) is 0 Å². The van der Waals surface area contributed by atoms with E-state index in [4.69, 9.17) is 0 Å². The highest BCUT2D eigenvalue weighted by Gasteiger charge is 2.16. The molecule has 5 rings (SSSR count). The summed E-state index contributed by atoms with van der Waals surface area (Å²) < 4.78 is 3.08. The van der Waals surface area contributed by atoms with Gasteiger partial charge in [-0.3, -0.25) is 9.78 Å². The van der Waals surface area contributed by atoms with Crippen molar-refractivity contribution < 1.29 is 0 Å². The molecule has 3 nitrogen and oxygen atoms in total. The van der Waals surface area contributed by atoms with Crippen molar-refractivity contribution in [2.24, 2.45) is 0 Å². The van der Waals surface area contributed by atoms with Gasteiger partial charge < -0.3 is 4.40 Å². The number of rotatable bonds is 2. The molecular weight excluding hydrogens is 376 g/mol. The van der Waals surface area contributed by atoms with Crippen LogP contribution < -0.4 is 5.43 Å². The number of hydrogen-bond acceptors (Lipinski definition) is 2. The maximum atomic E-state index is 13.1. The molecule has 0 saturated heterocycles. The zero-order valence-electron chi connectivity index (χ0n) is 13.2. The van der Waals surface area contributed by atoms with Crippen LogP contribution in [0.5, 0.6) is 0 Å². The van der Waals surface area contributed by atoms with Gasteiger partial charge in [0.05, 0.1) is 11.0 Å². The van der Waals surface area contributed by atoms with E-state index in [1.807, 2.05) is 42.7 Å². The van der Waals surface area contributed by atoms with E-state index in [1.165, 1.54) is 0 Å². The quantitative estimate of drug-likeness (QED) is 0.435. The van der Waals surface area contributed by atoms with E-state index < -0.39 is 0 Å². The first-order chi connectivity index (χ1) is 12.2. The minimum atomic E-state index is 0.0884. The monoisotopic (exact) mass is 388 g/mol. The minimum Gasteiger partial charge on any atom is -0.315 e. The van der Waals surface area contributed by atoms with E-state index in [-0.39, 0.29) is 5.43 Å². The van der Waals surface area contributed by atoms with Gasteiger partial charge in [-0.25, -0.2) is 0 Å². The van der Waals surface area contributed by atoms with Crippen LogP contribution in [-0.2, 0) is 6.42 Å². The van der Waals surface area contributed by atoms with Crippen molar-refractivity contribution in [2.75, 3.05) is 0 Å². The van der Waals surface area contributed by atoms with Crippen LogP contribution in [0.3, 0.4) is 0 Å². The van der Waals surface area contributed by atoms with Gasteiger partial charge >= 0.3 is 0 Å². The Morgan fingerprint density at radius 3 is 2.68 bits per heavy atom. The molecule has 4 heteroatoms. The maximum absolute atomic E-state index is 13.1. The molecule has 0 bridgehead atoms. The average molecular weight is 389 g/mol. The lowest BCUT2D eigenvalue weighted by Crippen LogP contribution is -2.12. The molecule has 0 fully saturated rings. The molecule has 25 heavy (non-hydrogen) atoms. The molecular formula is C21H13BrN2O. The first kappa shape index (κ1) is 14.6. The van der Waals surface area contributed by atoms with Gasteiger partial charge in [0, 0.05) is 51.2 Å². The second kappa shape index (κ2) is 5.39. The molecule has 3 heterocycles. The van der Waals surface area contributed by atoms with Crippen molar-refractivity contribution in [3.8, 4) is 0 Å². The Kier molecular flexibility index (Phi) is 3.15. The number of benzene rings is 2. The van der Waals surface area contributed by atoms with Crippen molar-refractivity contribution in [3.63, 3.8) is 0 Å². The lowest BCUT2D eigenvalue weighted by Gasteiger charge is -2.07. The fourth-order valence-electron chi connectivity index (χ4n) is 3.64. The Hall–Kier alpha value is -2.72. The summed E-state index contributed by atoms with van der Waals surface area (Å²) >= 11 is 3.57. The number of aromatic nitrogens is 2. The molecule has 0 amide bonds. The van der Waals surface area contributed by atoms with Gasteiger partial charge in [-0.15, -0.1) is 0 Å². The summed E-state index contributed by atoms with van der Waals surface area (Å²) in [6.07, 6.45) is 6.12. The first-order valence-corrected chi connectivity index (χ1v) is 8.88. The molecule has 0 unspecified atom stereocenters. The molecule has 0 aliphatic heterocycles. The van der Waals surface area contributed by atoms with Crippen LogP contribution in [-0.4, -0.2) is 9.38 Å². The van der Waals surface area contributed by atoms with Crippen LogP contribution in [0, 0.1) is 0 Å². The van der Waals surface area contributed by atoms with Crippen LogP contribution in [0.2, 0.25) is 0 Å². The Morgan fingerprint density at radius 1 is 1.00 bits per heavy atom. The molecule has 0 saturated carbocycles. The Balaban J connectivity index is 1.91. The fraction of sp³-hybridized carbons (Fsp3) is 0.0476. The second-order valence-corrected chi connectivity index (χ2v) is 7.17. The van der Waals surface area contributed by atoms with Crippen LogP contribution in [0.4, 0.5) is 0 Å². The number of para-hydroxylation sites is 1. The predicted molar refractivity (Wildman–Crippen MR) is 105 cm³/mol. The average Bonchev–Trinajstić information content (AvgIpc) is 2.94. The van der Waals surface area contributed by atoms with E-state index in [1.54, 1.807) is 6.20 Å². The minimum absolute atomic E-state index is 0.0884. The third kappa shape index (κ3) is 2.18. The number of hydrogen-bond donors (Lipinski definition) is 0. The number of fused-ring (bicyclic) bond motifs is 3. The van der Waals surface area contributed by atoms with Gasteiger partial charge in [-0.2, -0.15) is 0 Å². The van der Waals surface area contributed by atoms with Gasteiger partial charge in [0.25, 0.3) is 0 Å². The summed E-state index contributed by atoms with van der Waals surface area (Å²) in [7, 11) is 0. The molecule has 0 radical (unpaired) electrons. The SMILES string of the molecule is O=c1c(Cc2cccnc2)cn2c3ccccc3c3cc(Br)cc1c32. The van der Waals surface area contributed by atoms with Crippen LogP contribution in [0.1, 0.15) is 11.1 Å². The van der Waals surface area contributed by atoms with E-state index >= 15 is 0 Å². The molecule has 0 aliphatic carbocycles. The molecule has 2 aromatic carbocycles. The largest absolute Gasteiger partial charge is 0.315 e. The summed E-state index contributed by atoms with van der Waals surface area (Å²) in [6, 6.07) is 16.2. The standard InChI is InChI=1S/C21H13BrN2O/c22-15-9-17-16-5-1-2-6-19(16)24-12-14(8-13-4-3-7-23-11-13)21(25)18(10-15)20(17)24/h1-7,9-12H,8H2. The normalized spacial score (nSPS) is 11.7. The summed E-state index contributed by atoms with van der Waals surface area (Å²) in [5, 5.41) is 3.01. The van der Waals surface area contributed by atoms with Crippen molar-refractivity contribution in [1.82, 2.24) is 9.38 Å². The summed E-state index contributed by atoms with van der Waals surface area (Å²) in [5.74, 6) is 0. The van der Waals surface area contributed by atoms with Gasteiger partial charge in [-0.1, -0.05) is 40.2 Å². The highest BCUT2D eigenvalue weighted by molar-refractivity contribution is 9.10. The molecule has 3 aromatic heterocycles. The van der Waals surface area contributed by atoms with Gasteiger partial charge in [-0.05, 0) is 29.8 Å². The molecule has 5 aromatic rings. The van der Waals surface area contributed by atoms with E-state index in [2.05, 4.69) is 43.5 Å². The van der Waals surface area contributed by atoms with Crippen LogP contribution >= 0.6 is 15.9 Å². The maximum Gasteiger partial charge on any atom is 0.192 e. The lowest BCUT2D eigenvalue weighted by atomic mass is 10.0. The topological polar surface area (TPSA) is 34.4 Å². The zero-order chi connectivity index (χ0) is 17.0. The smallest absolute Gasteiger partial charge is 0.192 e. The summed E-state index contributed by atoms with van der Waals surface area (Å²) in [5.41, 5.74) is 4.01. The molecule has 0 aliphatic rings. The Morgan fingerprint density at radius 2 is 1.84 bits per heavy atom. The summed E-state index contributed by atoms with van der Waals surface area (Å²) in [6.45, 7) is 0. The Bertz CT molecular complexity index is 1290. The first-order valence-electron chi connectivity index (χ1n) is 8.09. The van der Waals surface area contributed by atoms with Gasteiger partial charge in [0.15, 0.2) is 5.43 Å². The fourth-order valence-corrected chi connectivity index (χ4v) is 4.10. The van der Waals surface area contributed by atoms with E-state index in [0.29, 0.717) is 6.42 Å². The number of pyridine rings is 2. The Labute approximate surface area is 152 Å². The van der Waals surface area contributed by atoms with E-state index in [0.717, 1.165) is 42.8 Å². The van der Waals surface area contributed by atoms with Crippen LogP contribution in [0.15, 0.2) is 76.4 Å². The number of nitrogens with zero attached hydrogens (tertiary/aromatic N) is 2. The summed E-state index contributed by atoms with van der Waals surface area (Å²) in [4.78, 5) is 17.3. The predicted octanol–water partition coefficient (Wildman–Crippen LogP) is 4.79. The zero-order valence-corrected chi connectivity index (χ0v) is 14.8. The molecule has 0 atom stereocenters. The van der Waals surface area contributed by atoms with Gasteiger partial charge in [0.2, 0.25) is 0 Å². The lowest BCUT2D eigenvalue weighted by molar-refractivity contribution is 1.09. The van der Waals surface area contributed by atoms with Crippen molar-refractivity contribution in [2.45, 2.75) is 6.42 Å². The number of halogens is 1. The van der Waals surface area contributed by atoms with E-state index in [9.17, 15) is 4.79 Å². The second-order valence-electron chi connectivity index (χ2n) is 6.26. The third-order valence-electron chi connectivity index (χ3n) is 4.71. The third-order valence-corrected chi connectivity index (χ3v) is 5.17. The van der Waals surface area contributed by atoms with Crippen molar-refractivity contribution in [3.05, 3.63) is 92.9 Å². The van der Waals surface area contributed by atoms with Crippen LogP contribution in [0.25, 0.3) is 27.2 Å².